The highest BCUT2D eigenvalue weighted by Crippen LogP contribution is 2.32. The van der Waals surface area contributed by atoms with Gasteiger partial charge in [-0.1, -0.05) is 30.3 Å². The first-order valence-corrected chi connectivity index (χ1v) is 9.16. The molecule has 4 heteroatoms. The van der Waals surface area contributed by atoms with Crippen molar-refractivity contribution in [2.45, 2.75) is 11.7 Å². The van der Waals surface area contributed by atoms with Crippen LogP contribution in [0.25, 0.3) is 0 Å². The third-order valence-electron chi connectivity index (χ3n) is 4.37. The predicted molar refractivity (Wildman–Crippen MR) is 90.0 cm³/mol. The van der Waals surface area contributed by atoms with Gasteiger partial charge in [0.1, 0.15) is 0 Å². The number of morpholine rings is 1. The summed E-state index contributed by atoms with van der Waals surface area (Å²) in [5.74, 6) is 1.26. The Labute approximate surface area is 132 Å². The van der Waals surface area contributed by atoms with Crippen LogP contribution in [-0.4, -0.2) is 68.0 Å². The number of rotatable bonds is 5. The molecule has 2 fully saturated rings. The minimum Gasteiger partial charge on any atom is -0.379 e. The molecule has 116 valence electrons. The van der Waals surface area contributed by atoms with Gasteiger partial charge < -0.3 is 9.64 Å². The summed E-state index contributed by atoms with van der Waals surface area (Å²) in [5.41, 5.74) is 1.49. The maximum atomic E-state index is 5.40. The molecule has 0 bridgehead atoms. The number of nitrogens with zero attached hydrogens (tertiary/aromatic N) is 2. The van der Waals surface area contributed by atoms with Crippen LogP contribution in [0.15, 0.2) is 30.3 Å². The smallest absolute Gasteiger partial charge is 0.0594 e. The Morgan fingerprint density at radius 2 is 1.76 bits per heavy atom. The second-order valence-electron chi connectivity index (χ2n) is 5.88. The summed E-state index contributed by atoms with van der Waals surface area (Å²) >= 11 is 2.11. The van der Waals surface area contributed by atoms with Crippen LogP contribution in [-0.2, 0) is 4.74 Å². The Morgan fingerprint density at radius 1 is 1.00 bits per heavy atom. The molecule has 2 aliphatic rings. The van der Waals surface area contributed by atoms with Crippen molar-refractivity contribution in [2.24, 2.45) is 0 Å². The molecular weight excluding hydrogens is 280 g/mol. The molecule has 1 unspecified atom stereocenters. The Kier molecular flexibility index (Phi) is 5.98. The first-order chi connectivity index (χ1) is 10.4. The molecule has 2 saturated heterocycles. The minimum atomic E-state index is 0.656. The van der Waals surface area contributed by atoms with Crippen LogP contribution >= 0.6 is 11.8 Å². The van der Waals surface area contributed by atoms with Crippen molar-refractivity contribution in [3.63, 3.8) is 0 Å². The normalized spacial score (nSPS) is 25.0. The zero-order chi connectivity index (χ0) is 14.3. The maximum absolute atomic E-state index is 5.40. The molecule has 2 heterocycles. The van der Waals surface area contributed by atoms with Gasteiger partial charge in [-0.15, -0.1) is 0 Å². The van der Waals surface area contributed by atoms with E-state index < -0.39 is 0 Å². The van der Waals surface area contributed by atoms with Gasteiger partial charge in [0.15, 0.2) is 0 Å². The molecule has 0 saturated carbocycles. The molecule has 1 atom stereocenters. The average Bonchev–Trinajstić information content (AvgIpc) is 2.57. The van der Waals surface area contributed by atoms with Gasteiger partial charge in [0.25, 0.3) is 0 Å². The van der Waals surface area contributed by atoms with Gasteiger partial charge >= 0.3 is 0 Å². The van der Waals surface area contributed by atoms with Crippen molar-refractivity contribution in [2.75, 3.05) is 58.2 Å². The highest BCUT2D eigenvalue weighted by atomic mass is 32.2. The van der Waals surface area contributed by atoms with E-state index in [0.717, 1.165) is 26.3 Å². The van der Waals surface area contributed by atoms with Crippen molar-refractivity contribution in [1.29, 1.82) is 0 Å². The number of hydrogen-bond acceptors (Lipinski definition) is 4. The van der Waals surface area contributed by atoms with E-state index in [1.807, 2.05) is 0 Å². The largest absolute Gasteiger partial charge is 0.379 e. The molecule has 0 aliphatic carbocycles. The topological polar surface area (TPSA) is 15.7 Å². The molecule has 3 nitrogen and oxygen atoms in total. The fourth-order valence-electron chi connectivity index (χ4n) is 3.12. The van der Waals surface area contributed by atoms with Gasteiger partial charge in [-0.25, -0.2) is 0 Å². The molecule has 2 aliphatic heterocycles. The van der Waals surface area contributed by atoms with Crippen LogP contribution in [0.3, 0.4) is 0 Å². The van der Waals surface area contributed by atoms with Crippen molar-refractivity contribution < 1.29 is 4.74 Å². The van der Waals surface area contributed by atoms with Gasteiger partial charge in [0.05, 0.1) is 13.2 Å². The Balaban J connectivity index is 1.41. The van der Waals surface area contributed by atoms with Crippen molar-refractivity contribution >= 4 is 11.8 Å². The molecule has 1 aromatic carbocycles. The lowest BCUT2D eigenvalue weighted by atomic mass is 10.1. The lowest BCUT2D eigenvalue weighted by molar-refractivity contribution is 0.0361. The number of hydrogen-bond donors (Lipinski definition) is 0. The SMILES string of the molecule is c1ccc(C2CN(CCCN3CCOCC3)CCS2)cc1. The maximum Gasteiger partial charge on any atom is 0.0594 e. The summed E-state index contributed by atoms with van der Waals surface area (Å²) < 4.78 is 5.40. The van der Waals surface area contributed by atoms with Gasteiger partial charge in [-0.3, -0.25) is 4.90 Å². The minimum absolute atomic E-state index is 0.656. The van der Waals surface area contributed by atoms with Crippen molar-refractivity contribution in [3.8, 4) is 0 Å². The summed E-state index contributed by atoms with van der Waals surface area (Å²) in [7, 11) is 0. The molecule has 3 rings (SSSR count). The van der Waals surface area contributed by atoms with Crippen LogP contribution < -0.4 is 0 Å². The van der Waals surface area contributed by atoms with Crippen LogP contribution in [0.4, 0.5) is 0 Å². The molecule has 0 spiro atoms. The Morgan fingerprint density at radius 3 is 2.57 bits per heavy atom. The van der Waals surface area contributed by atoms with Crippen molar-refractivity contribution in [1.82, 2.24) is 9.80 Å². The highest BCUT2D eigenvalue weighted by molar-refractivity contribution is 7.99. The third-order valence-corrected chi connectivity index (χ3v) is 5.62. The molecular formula is C17H26N2OS. The zero-order valence-electron chi connectivity index (χ0n) is 12.7. The Hall–Kier alpha value is -0.550. The van der Waals surface area contributed by atoms with E-state index in [9.17, 15) is 0 Å². The molecule has 0 N–H and O–H groups in total. The quantitative estimate of drug-likeness (QED) is 0.830. The van der Waals surface area contributed by atoms with E-state index in [2.05, 4.69) is 51.9 Å². The van der Waals surface area contributed by atoms with Gasteiger partial charge in [0, 0.05) is 37.2 Å². The first kappa shape index (κ1) is 15.3. The number of thioether (sulfide) groups is 1. The van der Waals surface area contributed by atoms with Gasteiger partial charge in [-0.05, 0) is 25.1 Å². The summed E-state index contributed by atoms with van der Waals surface area (Å²) in [6.45, 7) is 8.97. The molecule has 0 radical (unpaired) electrons. The van der Waals surface area contributed by atoms with E-state index in [0.29, 0.717) is 5.25 Å². The van der Waals surface area contributed by atoms with Crippen LogP contribution in [0.1, 0.15) is 17.2 Å². The van der Waals surface area contributed by atoms with Gasteiger partial charge in [-0.2, -0.15) is 11.8 Å². The fraction of sp³-hybridized carbons (Fsp3) is 0.647. The monoisotopic (exact) mass is 306 g/mol. The van der Waals surface area contributed by atoms with E-state index in [1.165, 1.54) is 43.9 Å². The predicted octanol–water partition coefficient (Wildman–Crippen LogP) is 2.50. The first-order valence-electron chi connectivity index (χ1n) is 8.11. The Bertz CT molecular complexity index is 409. The van der Waals surface area contributed by atoms with E-state index in [4.69, 9.17) is 4.74 Å². The standard InChI is InChI=1S/C17H26N2OS/c1-2-5-16(6-3-1)17-15-19(11-14-21-17)8-4-7-18-9-12-20-13-10-18/h1-3,5-6,17H,4,7-15H2. The fourth-order valence-corrected chi connectivity index (χ4v) is 4.43. The lowest BCUT2D eigenvalue weighted by Gasteiger charge is -2.33. The molecule has 0 aromatic heterocycles. The summed E-state index contributed by atoms with van der Waals surface area (Å²) in [5, 5.41) is 0.656. The molecule has 21 heavy (non-hydrogen) atoms. The zero-order valence-corrected chi connectivity index (χ0v) is 13.6. The van der Waals surface area contributed by atoms with E-state index in [-0.39, 0.29) is 0 Å². The summed E-state index contributed by atoms with van der Waals surface area (Å²) in [4.78, 5) is 5.19. The van der Waals surface area contributed by atoms with Crippen LogP contribution in [0.2, 0.25) is 0 Å². The van der Waals surface area contributed by atoms with Crippen molar-refractivity contribution in [3.05, 3.63) is 35.9 Å². The third kappa shape index (κ3) is 4.71. The second-order valence-corrected chi connectivity index (χ2v) is 7.19. The van der Waals surface area contributed by atoms with Crippen LogP contribution in [0, 0.1) is 0 Å². The van der Waals surface area contributed by atoms with Crippen LogP contribution in [0.5, 0.6) is 0 Å². The second kappa shape index (κ2) is 8.18. The molecule has 0 amide bonds. The molecule has 1 aromatic rings. The lowest BCUT2D eigenvalue weighted by Crippen LogP contribution is -2.39. The average molecular weight is 306 g/mol. The number of benzene rings is 1. The highest BCUT2D eigenvalue weighted by Gasteiger charge is 2.21. The number of ether oxygens (including phenoxy) is 1. The van der Waals surface area contributed by atoms with E-state index in [1.54, 1.807) is 0 Å². The van der Waals surface area contributed by atoms with Gasteiger partial charge in [0.2, 0.25) is 0 Å². The van der Waals surface area contributed by atoms with E-state index >= 15 is 0 Å². The summed E-state index contributed by atoms with van der Waals surface area (Å²) in [6.07, 6.45) is 1.28. The summed E-state index contributed by atoms with van der Waals surface area (Å²) in [6, 6.07) is 11.0.